The van der Waals surface area contributed by atoms with Crippen molar-refractivity contribution in [1.82, 2.24) is 19.3 Å². The molecule has 10 heteroatoms. The van der Waals surface area contributed by atoms with Gasteiger partial charge >= 0.3 is 0 Å². The average Bonchev–Trinajstić information content (AvgIpc) is 2.76. The molecule has 1 N–H and O–H groups in total. The number of hydrogen-bond donors (Lipinski definition) is 1. The smallest absolute Gasteiger partial charge is 0.242 e. The summed E-state index contributed by atoms with van der Waals surface area (Å²) in [6, 6.07) is 9.31. The lowest BCUT2D eigenvalue weighted by molar-refractivity contribution is -0.0252. The summed E-state index contributed by atoms with van der Waals surface area (Å²) in [6.07, 6.45) is 3.94. The Balaban J connectivity index is 1.60. The van der Waals surface area contributed by atoms with Gasteiger partial charge in [-0.3, -0.25) is 4.98 Å². The van der Waals surface area contributed by atoms with E-state index in [2.05, 4.69) is 15.0 Å². The molecule has 170 valence electrons. The summed E-state index contributed by atoms with van der Waals surface area (Å²) in [5.41, 5.74) is 2.49. The molecule has 0 bridgehead atoms. The largest absolute Gasteiger partial charge is 0.473 e. The van der Waals surface area contributed by atoms with Gasteiger partial charge in [-0.15, -0.1) is 0 Å². The maximum Gasteiger partial charge on any atom is 0.242 e. The second-order valence-corrected chi connectivity index (χ2v) is 10.3. The normalized spacial score (nSPS) is 18.1. The average molecular weight is 459 g/mol. The SMILES string of the molecule is CC(C)(O)c1ccc(-c2cc3nccnc3c(OCC3CN(S(C)(=O)=O)CCO3)n2)cc1. The highest BCUT2D eigenvalue weighted by Crippen LogP contribution is 2.29. The maximum absolute atomic E-state index is 11.9. The Hall–Kier alpha value is -2.66. The van der Waals surface area contributed by atoms with E-state index in [0.717, 1.165) is 11.1 Å². The van der Waals surface area contributed by atoms with Gasteiger partial charge in [-0.1, -0.05) is 24.3 Å². The van der Waals surface area contributed by atoms with Crippen LogP contribution in [-0.2, 0) is 20.4 Å². The van der Waals surface area contributed by atoms with Gasteiger partial charge in [0, 0.05) is 31.0 Å². The number of aliphatic hydroxyl groups is 1. The zero-order valence-electron chi connectivity index (χ0n) is 18.2. The summed E-state index contributed by atoms with van der Waals surface area (Å²) in [4.78, 5) is 13.4. The molecule has 0 aliphatic carbocycles. The molecule has 1 aliphatic rings. The van der Waals surface area contributed by atoms with E-state index in [4.69, 9.17) is 9.47 Å². The molecular formula is C22H26N4O5S. The third kappa shape index (κ3) is 5.04. The van der Waals surface area contributed by atoms with Crippen molar-refractivity contribution in [2.45, 2.75) is 25.6 Å². The molecule has 1 atom stereocenters. The van der Waals surface area contributed by atoms with Crippen LogP contribution in [0.25, 0.3) is 22.3 Å². The second kappa shape index (κ2) is 8.70. The number of fused-ring (bicyclic) bond motifs is 1. The molecule has 4 rings (SSSR count). The fraction of sp³-hybridized carbons (Fsp3) is 0.409. The predicted octanol–water partition coefficient (Wildman–Crippen LogP) is 1.96. The molecule has 1 unspecified atom stereocenters. The minimum atomic E-state index is -3.29. The lowest BCUT2D eigenvalue weighted by atomic mass is 9.96. The zero-order valence-corrected chi connectivity index (χ0v) is 19.0. The Bertz CT molecular complexity index is 1210. The van der Waals surface area contributed by atoms with Crippen molar-refractivity contribution in [1.29, 1.82) is 0 Å². The van der Waals surface area contributed by atoms with Gasteiger partial charge in [0.25, 0.3) is 0 Å². The number of benzene rings is 1. The minimum absolute atomic E-state index is 0.131. The van der Waals surface area contributed by atoms with Crippen LogP contribution in [0, 0.1) is 0 Å². The van der Waals surface area contributed by atoms with Gasteiger partial charge in [0.05, 0.1) is 29.7 Å². The lowest BCUT2D eigenvalue weighted by Crippen LogP contribution is -2.47. The molecule has 9 nitrogen and oxygen atoms in total. The lowest BCUT2D eigenvalue weighted by Gasteiger charge is -2.30. The van der Waals surface area contributed by atoms with Gasteiger partial charge in [0.2, 0.25) is 15.9 Å². The number of morpholine rings is 1. The topological polar surface area (TPSA) is 115 Å². The Morgan fingerprint density at radius 1 is 1.22 bits per heavy atom. The Morgan fingerprint density at radius 3 is 2.62 bits per heavy atom. The standard InChI is InChI=1S/C22H26N4O5S/c1-22(2,27)16-6-4-15(5-7-16)18-12-19-20(24-9-8-23-19)21(25-18)31-14-17-13-26(10-11-30-17)32(3,28)29/h4-9,12,17,27H,10-11,13-14H2,1-3H3. The Labute approximate surface area is 187 Å². The van der Waals surface area contributed by atoms with Crippen LogP contribution in [0.2, 0.25) is 0 Å². The first-order valence-electron chi connectivity index (χ1n) is 10.3. The van der Waals surface area contributed by atoms with Crippen LogP contribution in [0.5, 0.6) is 5.88 Å². The van der Waals surface area contributed by atoms with E-state index in [0.29, 0.717) is 35.8 Å². The zero-order chi connectivity index (χ0) is 22.9. The molecule has 1 saturated heterocycles. The first-order chi connectivity index (χ1) is 15.1. The molecule has 32 heavy (non-hydrogen) atoms. The van der Waals surface area contributed by atoms with Gasteiger partial charge in [-0.2, -0.15) is 4.31 Å². The Kier molecular flexibility index (Phi) is 6.13. The molecule has 0 amide bonds. The van der Waals surface area contributed by atoms with E-state index < -0.39 is 21.7 Å². The van der Waals surface area contributed by atoms with Crippen molar-refractivity contribution in [3.05, 3.63) is 48.3 Å². The number of sulfonamides is 1. The maximum atomic E-state index is 11.9. The molecule has 3 heterocycles. The molecule has 1 aromatic carbocycles. The van der Waals surface area contributed by atoms with E-state index in [-0.39, 0.29) is 13.2 Å². The number of aromatic nitrogens is 3. The van der Waals surface area contributed by atoms with Gasteiger partial charge in [0.1, 0.15) is 12.7 Å². The third-order valence-electron chi connectivity index (χ3n) is 5.29. The molecule has 1 aliphatic heterocycles. The van der Waals surface area contributed by atoms with E-state index >= 15 is 0 Å². The summed E-state index contributed by atoms with van der Waals surface area (Å²) in [5.74, 6) is 0.303. The third-order valence-corrected chi connectivity index (χ3v) is 6.56. The van der Waals surface area contributed by atoms with Crippen LogP contribution >= 0.6 is 0 Å². The van der Waals surface area contributed by atoms with Crippen LogP contribution in [0.3, 0.4) is 0 Å². The van der Waals surface area contributed by atoms with E-state index in [9.17, 15) is 13.5 Å². The van der Waals surface area contributed by atoms with Crippen molar-refractivity contribution in [2.24, 2.45) is 0 Å². The quantitative estimate of drug-likeness (QED) is 0.596. The van der Waals surface area contributed by atoms with Crippen molar-refractivity contribution in [2.75, 3.05) is 32.6 Å². The highest BCUT2D eigenvalue weighted by Gasteiger charge is 2.27. The van der Waals surface area contributed by atoms with Crippen LogP contribution in [0.4, 0.5) is 0 Å². The van der Waals surface area contributed by atoms with Crippen molar-refractivity contribution in [3.63, 3.8) is 0 Å². The molecule has 0 radical (unpaired) electrons. The molecule has 0 spiro atoms. The van der Waals surface area contributed by atoms with Crippen LogP contribution in [0.1, 0.15) is 19.4 Å². The fourth-order valence-electron chi connectivity index (χ4n) is 3.51. The van der Waals surface area contributed by atoms with Gasteiger partial charge in [-0.25, -0.2) is 18.4 Å². The van der Waals surface area contributed by atoms with Crippen molar-refractivity contribution in [3.8, 4) is 17.1 Å². The summed E-state index contributed by atoms with van der Waals surface area (Å²) >= 11 is 0. The number of hydrogen-bond acceptors (Lipinski definition) is 8. The molecule has 2 aromatic heterocycles. The van der Waals surface area contributed by atoms with Crippen molar-refractivity contribution >= 4 is 21.1 Å². The first-order valence-corrected chi connectivity index (χ1v) is 12.1. The van der Waals surface area contributed by atoms with Crippen LogP contribution in [0.15, 0.2) is 42.7 Å². The summed E-state index contributed by atoms with van der Waals surface area (Å²) in [5, 5.41) is 10.2. The fourth-order valence-corrected chi connectivity index (χ4v) is 4.35. The van der Waals surface area contributed by atoms with Crippen molar-refractivity contribution < 1.29 is 23.0 Å². The molecule has 0 saturated carbocycles. The summed E-state index contributed by atoms with van der Waals surface area (Å²) < 4.78 is 36.7. The van der Waals surface area contributed by atoms with Gasteiger partial charge in [0.15, 0.2) is 5.52 Å². The summed E-state index contributed by atoms with van der Waals surface area (Å²) in [6.45, 7) is 4.46. The Morgan fingerprint density at radius 2 is 1.94 bits per heavy atom. The van der Waals surface area contributed by atoms with Gasteiger partial charge < -0.3 is 14.6 Å². The van der Waals surface area contributed by atoms with Crippen LogP contribution in [-0.4, -0.2) is 71.4 Å². The van der Waals surface area contributed by atoms with E-state index in [1.807, 2.05) is 30.3 Å². The molecule has 1 fully saturated rings. The number of pyridine rings is 1. The van der Waals surface area contributed by atoms with E-state index in [1.54, 1.807) is 26.2 Å². The highest BCUT2D eigenvalue weighted by molar-refractivity contribution is 7.88. The highest BCUT2D eigenvalue weighted by atomic mass is 32.2. The van der Waals surface area contributed by atoms with E-state index in [1.165, 1.54) is 10.6 Å². The first kappa shape index (κ1) is 22.5. The second-order valence-electron chi connectivity index (χ2n) is 8.30. The number of rotatable bonds is 6. The predicted molar refractivity (Wildman–Crippen MR) is 120 cm³/mol. The number of nitrogens with zero attached hydrogens (tertiary/aromatic N) is 4. The minimum Gasteiger partial charge on any atom is -0.473 e. The molecule has 3 aromatic rings. The van der Waals surface area contributed by atoms with Gasteiger partial charge in [-0.05, 0) is 25.5 Å². The molecular weight excluding hydrogens is 432 g/mol. The summed E-state index contributed by atoms with van der Waals surface area (Å²) in [7, 11) is -3.29. The van der Waals surface area contributed by atoms with Crippen LogP contribution < -0.4 is 4.74 Å². The monoisotopic (exact) mass is 458 g/mol. The number of ether oxygens (including phenoxy) is 2.